The third-order valence-corrected chi connectivity index (χ3v) is 1.37. The summed E-state index contributed by atoms with van der Waals surface area (Å²) in [4.78, 5) is 11.1. The number of rotatable bonds is 4. The monoisotopic (exact) mass is 202 g/mol. The van der Waals surface area contributed by atoms with Gasteiger partial charge in [-0.1, -0.05) is 0 Å². The third kappa shape index (κ3) is 2.83. The predicted octanol–water partition coefficient (Wildman–Crippen LogP) is 0.304. The molecule has 3 nitrogen and oxygen atoms in total. The molecule has 0 fully saturated rings. The van der Waals surface area contributed by atoms with Crippen molar-refractivity contribution >= 4 is 5.91 Å². The van der Waals surface area contributed by atoms with E-state index in [-0.39, 0.29) is 13.1 Å². The minimum atomic E-state index is -4.62. The lowest BCUT2D eigenvalue weighted by Gasteiger charge is -2.21. The summed E-state index contributed by atoms with van der Waals surface area (Å²) in [6.07, 6.45) is -3.99. The van der Waals surface area contributed by atoms with Crippen molar-refractivity contribution in [3.63, 3.8) is 0 Å². The summed E-state index contributed by atoms with van der Waals surface area (Å²) >= 11 is 0. The Balaban J connectivity index is 4.40. The summed E-state index contributed by atoms with van der Waals surface area (Å²) in [6.45, 7) is -0.233. The van der Waals surface area contributed by atoms with Crippen LogP contribution in [-0.4, -0.2) is 43.3 Å². The zero-order chi connectivity index (χ0) is 10.6. The molecule has 0 aliphatic rings. The maximum Gasteiger partial charge on any atom is 0.383 e. The van der Waals surface area contributed by atoms with Crippen LogP contribution in [0.3, 0.4) is 0 Å². The smallest absolute Gasteiger partial charge is 0.339 e. The van der Waals surface area contributed by atoms with Gasteiger partial charge in [-0.15, -0.1) is 0 Å². The zero-order valence-corrected chi connectivity index (χ0v) is 6.94. The molecule has 0 bridgehead atoms. The number of hydrogen-bond acceptors (Lipinski definition) is 2. The SMILES string of the molecule is CN(CCN)C(=O)C(F)(F)C(F)F. The molecule has 0 rings (SSSR count). The zero-order valence-electron chi connectivity index (χ0n) is 6.94. The van der Waals surface area contributed by atoms with Crippen LogP contribution in [0.1, 0.15) is 0 Å². The minimum absolute atomic E-state index is 0.0540. The van der Waals surface area contributed by atoms with E-state index < -0.39 is 18.3 Å². The van der Waals surface area contributed by atoms with Crippen LogP contribution < -0.4 is 5.73 Å². The molecule has 0 radical (unpaired) electrons. The molecule has 0 aromatic rings. The molecule has 1 amide bonds. The van der Waals surface area contributed by atoms with E-state index in [4.69, 9.17) is 5.73 Å². The molecule has 0 saturated carbocycles. The Morgan fingerprint density at radius 3 is 2.31 bits per heavy atom. The molecule has 0 aliphatic carbocycles. The van der Waals surface area contributed by atoms with Gasteiger partial charge in [-0.05, 0) is 0 Å². The van der Waals surface area contributed by atoms with Gasteiger partial charge in [0.25, 0.3) is 5.91 Å². The highest BCUT2D eigenvalue weighted by Gasteiger charge is 2.50. The predicted molar refractivity (Wildman–Crippen MR) is 37.6 cm³/mol. The van der Waals surface area contributed by atoms with Crippen molar-refractivity contribution in [1.82, 2.24) is 4.90 Å². The van der Waals surface area contributed by atoms with Crippen LogP contribution in [0.15, 0.2) is 0 Å². The van der Waals surface area contributed by atoms with Crippen LogP contribution in [0, 0.1) is 0 Å². The number of nitrogens with two attached hydrogens (primary N) is 1. The molecule has 7 heteroatoms. The second kappa shape index (κ2) is 4.40. The van der Waals surface area contributed by atoms with E-state index in [0.717, 1.165) is 7.05 Å². The highest BCUT2D eigenvalue weighted by molar-refractivity contribution is 5.83. The van der Waals surface area contributed by atoms with Gasteiger partial charge in [0.2, 0.25) is 0 Å². The fraction of sp³-hybridized carbons (Fsp3) is 0.833. The van der Waals surface area contributed by atoms with Gasteiger partial charge in [0.1, 0.15) is 0 Å². The lowest BCUT2D eigenvalue weighted by atomic mass is 10.3. The van der Waals surface area contributed by atoms with Crippen LogP contribution >= 0.6 is 0 Å². The topological polar surface area (TPSA) is 46.3 Å². The van der Waals surface area contributed by atoms with Gasteiger partial charge >= 0.3 is 12.3 Å². The van der Waals surface area contributed by atoms with Gasteiger partial charge in [-0.25, -0.2) is 8.78 Å². The first kappa shape index (κ1) is 12.2. The van der Waals surface area contributed by atoms with Gasteiger partial charge in [-0.2, -0.15) is 8.78 Å². The molecule has 0 heterocycles. The average Bonchev–Trinajstić information content (AvgIpc) is 2.03. The fourth-order valence-corrected chi connectivity index (χ4v) is 0.643. The second-order valence-electron chi connectivity index (χ2n) is 2.44. The van der Waals surface area contributed by atoms with Gasteiger partial charge in [-0.3, -0.25) is 4.79 Å². The van der Waals surface area contributed by atoms with Gasteiger partial charge in [0.15, 0.2) is 0 Å². The molecule has 0 unspecified atom stereocenters. The standard InChI is InChI=1S/C6H10F4N2O/c1-12(3-2-11)5(13)6(9,10)4(7)8/h4H,2-3,11H2,1H3. The van der Waals surface area contributed by atoms with Crippen molar-refractivity contribution in [2.24, 2.45) is 5.73 Å². The van der Waals surface area contributed by atoms with Crippen LogP contribution in [0.25, 0.3) is 0 Å². The Morgan fingerprint density at radius 1 is 1.54 bits per heavy atom. The highest BCUT2D eigenvalue weighted by atomic mass is 19.3. The van der Waals surface area contributed by atoms with Gasteiger partial charge in [0.05, 0.1) is 0 Å². The first-order valence-electron chi connectivity index (χ1n) is 3.45. The first-order chi connectivity index (χ1) is 5.84. The van der Waals surface area contributed by atoms with E-state index in [9.17, 15) is 22.4 Å². The van der Waals surface area contributed by atoms with Crippen LogP contribution in [0.5, 0.6) is 0 Å². The van der Waals surface area contributed by atoms with Crippen molar-refractivity contribution in [3.8, 4) is 0 Å². The fourth-order valence-electron chi connectivity index (χ4n) is 0.643. The molecule has 0 aromatic heterocycles. The third-order valence-electron chi connectivity index (χ3n) is 1.37. The second-order valence-corrected chi connectivity index (χ2v) is 2.44. The normalized spacial score (nSPS) is 11.9. The molecular weight excluding hydrogens is 192 g/mol. The number of halogens is 4. The van der Waals surface area contributed by atoms with Crippen LogP contribution in [-0.2, 0) is 4.79 Å². The van der Waals surface area contributed by atoms with E-state index >= 15 is 0 Å². The van der Waals surface area contributed by atoms with E-state index in [1.54, 1.807) is 0 Å². The Hall–Kier alpha value is -0.850. The molecule has 2 N–H and O–H groups in total. The molecule has 0 aliphatic heterocycles. The largest absolute Gasteiger partial charge is 0.383 e. The summed E-state index contributed by atoms with van der Waals surface area (Å²) in [6, 6.07) is 0. The van der Waals surface area contributed by atoms with Crippen molar-refractivity contribution in [2.45, 2.75) is 12.3 Å². The number of hydrogen-bond donors (Lipinski definition) is 1. The molecule has 78 valence electrons. The number of carbonyl (C=O) groups is 1. The highest BCUT2D eigenvalue weighted by Crippen LogP contribution is 2.24. The van der Waals surface area contributed by atoms with Crippen LogP contribution in [0.4, 0.5) is 17.6 Å². The summed E-state index contributed by atoms with van der Waals surface area (Å²) in [5.41, 5.74) is 4.96. The lowest BCUT2D eigenvalue weighted by molar-refractivity contribution is -0.179. The summed E-state index contributed by atoms with van der Waals surface area (Å²) in [7, 11) is 0.992. The van der Waals surface area contributed by atoms with Crippen LogP contribution in [0.2, 0.25) is 0 Å². The molecule has 13 heavy (non-hydrogen) atoms. The summed E-state index contributed by atoms with van der Waals surface area (Å²) in [5.74, 6) is -6.53. The number of alkyl halides is 4. The lowest BCUT2D eigenvalue weighted by Crippen LogP contribution is -2.47. The number of carbonyl (C=O) groups excluding carboxylic acids is 1. The van der Waals surface area contributed by atoms with E-state index in [0.29, 0.717) is 4.90 Å². The quantitative estimate of drug-likeness (QED) is 0.666. The maximum atomic E-state index is 12.3. The molecule has 0 saturated heterocycles. The summed E-state index contributed by atoms with van der Waals surface area (Å²) < 4.78 is 47.9. The Bertz CT molecular complexity index is 185. The maximum absolute atomic E-state index is 12.3. The number of nitrogens with zero attached hydrogens (tertiary/aromatic N) is 1. The van der Waals surface area contributed by atoms with Crippen molar-refractivity contribution in [3.05, 3.63) is 0 Å². The minimum Gasteiger partial charge on any atom is -0.339 e. The van der Waals surface area contributed by atoms with Crippen molar-refractivity contribution in [1.29, 1.82) is 0 Å². The van der Waals surface area contributed by atoms with Crippen molar-refractivity contribution in [2.75, 3.05) is 20.1 Å². The molecule has 0 aromatic carbocycles. The molecule has 0 spiro atoms. The Labute approximate surface area is 72.5 Å². The van der Waals surface area contributed by atoms with E-state index in [2.05, 4.69) is 0 Å². The number of amides is 1. The number of likely N-dealkylation sites (N-methyl/N-ethyl adjacent to an activating group) is 1. The average molecular weight is 202 g/mol. The molecule has 0 atom stereocenters. The van der Waals surface area contributed by atoms with Gasteiger partial charge in [0, 0.05) is 20.1 Å². The summed E-state index contributed by atoms with van der Waals surface area (Å²) in [5, 5.41) is 0. The first-order valence-corrected chi connectivity index (χ1v) is 3.45. The van der Waals surface area contributed by atoms with Crippen molar-refractivity contribution < 1.29 is 22.4 Å². The van der Waals surface area contributed by atoms with E-state index in [1.165, 1.54) is 0 Å². The molecular formula is C6H10F4N2O. The Kier molecular flexibility index (Phi) is 4.12. The van der Waals surface area contributed by atoms with E-state index in [1.807, 2.05) is 0 Å². The Morgan fingerprint density at radius 2 is 2.00 bits per heavy atom. The van der Waals surface area contributed by atoms with Gasteiger partial charge < -0.3 is 10.6 Å².